The standard InChI is InChI=1S/C40H29BN2S/c1-26-27(2)42-36-20-11-21-37-39(36)41(35-19-10-18-33(26)40(35)42)34-23-22-29(25-38(34)44-37)28-12-9-17-32(24-28)43(30-13-5-3-6-14-30)31-15-7-4-8-16-31/h3-25H,1-2H3. The van der Waals surface area contributed by atoms with Gasteiger partial charge in [0.1, 0.15) is 0 Å². The largest absolute Gasteiger partial charge is 0.315 e. The second-order valence-corrected chi connectivity index (χ2v) is 12.9. The predicted octanol–water partition coefficient (Wildman–Crippen LogP) is 8.68. The summed E-state index contributed by atoms with van der Waals surface area (Å²) in [6, 6.07) is 51.0. The molecule has 0 aliphatic carbocycles. The van der Waals surface area contributed by atoms with E-state index in [1.807, 2.05) is 11.8 Å². The average Bonchev–Trinajstić information content (AvgIpc) is 3.34. The molecule has 208 valence electrons. The highest BCUT2D eigenvalue weighted by atomic mass is 32.2. The SMILES string of the molecule is Cc1c(C)n2c3c(cccc13)B1c3ccc(-c4cccc(N(c5ccccc5)c5ccccc5)c4)cc3Sc3cccc-2c31. The van der Waals surface area contributed by atoms with E-state index in [0.29, 0.717) is 0 Å². The van der Waals surface area contributed by atoms with Gasteiger partial charge in [0.2, 0.25) is 6.71 Å². The van der Waals surface area contributed by atoms with Crippen LogP contribution in [0.3, 0.4) is 0 Å². The minimum Gasteiger partial charge on any atom is -0.315 e. The summed E-state index contributed by atoms with van der Waals surface area (Å²) in [7, 11) is 0. The summed E-state index contributed by atoms with van der Waals surface area (Å²) < 4.78 is 2.51. The Kier molecular flexibility index (Phi) is 5.69. The Labute approximate surface area is 262 Å². The fourth-order valence-corrected chi connectivity index (χ4v) is 8.55. The molecule has 0 fully saturated rings. The van der Waals surface area contributed by atoms with Gasteiger partial charge in [0.15, 0.2) is 0 Å². The number of anilines is 3. The third kappa shape index (κ3) is 3.71. The number of aryl methyl sites for hydroxylation is 1. The molecule has 0 amide bonds. The molecule has 0 saturated carbocycles. The van der Waals surface area contributed by atoms with E-state index in [9.17, 15) is 0 Å². The fourth-order valence-electron chi connectivity index (χ4n) is 7.35. The second-order valence-electron chi connectivity index (χ2n) is 11.8. The number of hydrogen-bond acceptors (Lipinski definition) is 2. The lowest BCUT2D eigenvalue weighted by Gasteiger charge is -2.33. The molecule has 0 N–H and O–H groups in total. The molecule has 0 unspecified atom stereocenters. The minimum atomic E-state index is 0.231. The average molecular weight is 581 g/mol. The molecule has 0 spiro atoms. The van der Waals surface area contributed by atoms with E-state index in [1.54, 1.807) is 0 Å². The molecular formula is C40H29BN2S. The first-order valence-corrected chi connectivity index (χ1v) is 16.1. The predicted molar refractivity (Wildman–Crippen MR) is 188 cm³/mol. The monoisotopic (exact) mass is 580 g/mol. The van der Waals surface area contributed by atoms with Crippen molar-refractivity contribution in [1.82, 2.24) is 4.57 Å². The number of para-hydroxylation sites is 3. The maximum absolute atomic E-state index is 2.51. The van der Waals surface area contributed by atoms with Crippen molar-refractivity contribution in [2.45, 2.75) is 23.6 Å². The molecule has 7 aromatic rings. The zero-order valence-electron chi connectivity index (χ0n) is 24.7. The maximum Gasteiger partial charge on any atom is 0.249 e. The molecule has 2 aliphatic heterocycles. The van der Waals surface area contributed by atoms with Gasteiger partial charge >= 0.3 is 0 Å². The van der Waals surface area contributed by atoms with E-state index in [2.05, 4.69) is 163 Å². The number of hydrogen-bond donors (Lipinski definition) is 0. The third-order valence-corrected chi connectivity index (χ3v) is 10.6. The summed E-state index contributed by atoms with van der Waals surface area (Å²) in [4.78, 5) is 5.03. The highest BCUT2D eigenvalue weighted by Crippen LogP contribution is 2.40. The first-order valence-electron chi connectivity index (χ1n) is 15.2. The molecule has 3 heterocycles. The van der Waals surface area contributed by atoms with Gasteiger partial charge in [-0.2, -0.15) is 0 Å². The molecule has 2 nitrogen and oxygen atoms in total. The zero-order chi connectivity index (χ0) is 29.4. The molecule has 0 atom stereocenters. The van der Waals surface area contributed by atoms with E-state index in [1.165, 1.54) is 65.2 Å². The van der Waals surface area contributed by atoms with Crippen molar-refractivity contribution >= 4 is 62.8 Å². The highest BCUT2D eigenvalue weighted by molar-refractivity contribution is 8.00. The third-order valence-electron chi connectivity index (χ3n) is 9.47. The van der Waals surface area contributed by atoms with Gasteiger partial charge in [-0.05, 0) is 96.1 Å². The number of fused-ring (bicyclic) bond motifs is 4. The van der Waals surface area contributed by atoms with Crippen molar-refractivity contribution in [3.8, 4) is 16.8 Å². The second kappa shape index (κ2) is 9.80. The van der Waals surface area contributed by atoms with Crippen LogP contribution in [0.25, 0.3) is 27.7 Å². The smallest absolute Gasteiger partial charge is 0.249 e. The van der Waals surface area contributed by atoms with Crippen molar-refractivity contribution in [3.05, 3.63) is 151 Å². The van der Waals surface area contributed by atoms with Crippen LogP contribution in [0.2, 0.25) is 0 Å². The summed E-state index contributed by atoms with van der Waals surface area (Å²) in [6.07, 6.45) is 0. The normalized spacial score (nSPS) is 12.6. The Hall–Kier alpha value is -4.93. The molecule has 1 aromatic heterocycles. The molecule has 0 saturated heterocycles. The van der Waals surface area contributed by atoms with Gasteiger partial charge in [-0.1, -0.05) is 102 Å². The number of benzene rings is 6. The summed E-state index contributed by atoms with van der Waals surface area (Å²) in [5.41, 5.74) is 15.6. The van der Waals surface area contributed by atoms with Gasteiger partial charge in [-0.25, -0.2) is 0 Å². The first kappa shape index (κ1) is 25.6. The summed E-state index contributed by atoms with van der Waals surface area (Å²) in [5, 5.41) is 1.37. The molecule has 2 aliphatic rings. The van der Waals surface area contributed by atoms with Crippen molar-refractivity contribution in [2.24, 2.45) is 0 Å². The van der Waals surface area contributed by atoms with Crippen molar-refractivity contribution < 1.29 is 0 Å². The first-order chi connectivity index (χ1) is 21.7. The van der Waals surface area contributed by atoms with Gasteiger partial charge in [-0.15, -0.1) is 0 Å². The Morgan fingerprint density at radius 2 is 1.25 bits per heavy atom. The molecule has 9 rings (SSSR count). The van der Waals surface area contributed by atoms with Crippen LogP contribution in [0.4, 0.5) is 17.1 Å². The number of aromatic nitrogens is 1. The Balaban J connectivity index is 1.18. The van der Waals surface area contributed by atoms with Gasteiger partial charge in [0.25, 0.3) is 0 Å². The van der Waals surface area contributed by atoms with Gasteiger partial charge in [0.05, 0.1) is 0 Å². The Morgan fingerprint density at radius 3 is 2.02 bits per heavy atom. The van der Waals surface area contributed by atoms with Crippen LogP contribution in [-0.4, -0.2) is 11.3 Å². The van der Waals surface area contributed by atoms with Crippen molar-refractivity contribution in [1.29, 1.82) is 0 Å². The van der Waals surface area contributed by atoms with E-state index in [4.69, 9.17) is 0 Å². The maximum atomic E-state index is 2.51. The van der Waals surface area contributed by atoms with Crippen LogP contribution in [0.5, 0.6) is 0 Å². The molecule has 4 heteroatoms. The minimum absolute atomic E-state index is 0.231. The van der Waals surface area contributed by atoms with Crippen LogP contribution in [-0.2, 0) is 0 Å². The highest BCUT2D eigenvalue weighted by Gasteiger charge is 2.39. The van der Waals surface area contributed by atoms with E-state index in [-0.39, 0.29) is 6.71 Å². The van der Waals surface area contributed by atoms with Gasteiger partial charge < -0.3 is 9.47 Å². The van der Waals surface area contributed by atoms with Crippen LogP contribution in [0.1, 0.15) is 11.3 Å². The van der Waals surface area contributed by atoms with Gasteiger partial charge in [0, 0.05) is 49.1 Å². The van der Waals surface area contributed by atoms with E-state index >= 15 is 0 Å². The summed E-state index contributed by atoms with van der Waals surface area (Å²) in [6.45, 7) is 4.76. The fraction of sp³-hybridized carbons (Fsp3) is 0.0500. The van der Waals surface area contributed by atoms with E-state index in [0.717, 1.165) is 17.1 Å². The molecule has 0 radical (unpaired) electrons. The van der Waals surface area contributed by atoms with Crippen LogP contribution >= 0.6 is 11.8 Å². The van der Waals surface area contributed by atoms with Crippen LogP contribution < -0.4 is 21.3 Å². The van der Waals surface area contributed by atoms with Crippen molar-refractivity contribution in [2.75, 3.05) is 4.90 Å². The Morgan fingerprint density at radius 1 is 0.568 bits per heavy atom. The molecule has 0 bridgehead atoms. The summed E-state index contributed by atoms with van der Waals surface area (Å²) >= 11 is 1.92. The van der Waals surface area contributed by atoms with Crippen LogP contribution in [0, 0.1) is 13.8 Å². The Bertz CT molecular complexity index is 2200. The number of rotatable bonds is 4. The quantitative estimate of drug-likeness (QED) is 0.193. The lowest BCUT2D eigenvalue weighted by Crippen LogP contribution is -2.58. The topological polar surface area (TPSA) is 8.17 Å². The van der Waals surface area contributed by atoms with Gasteiger partial charge in [-0.3, -0.25) is 0 Å². The zero-order valence-corrected chi connectivity index (χ0v) is 25.5. The lowest BCUT2D eigenvalue weighted by atomic mass is 9.35. The van der Waals surface area contributed by atoms with Crippen molar-refractivity contribution in [3.63, 3.8) is 0 Å². The van der Waals surface area contributed by atoms with E-state index < -0.39 is 0 Å². The lowest BCUT2D eigenvalue weighted by molar-refractivity contribution is 1.04. The molecule has 6 aromatic carbocycles. The molecular weight excluding hydrogens is 551 g/mol. The molecule has 44 heavy (non-hydrogen) atoms. The number of nitrogens with zero attached hydrogens (tertiary/aromatic N) is 2. The van der Waals surface area contributed by atoms with Crippen LogP contribution in [0.15, 0.2) is 149 Å². The summed E-state index contributed by atoms with van der Waals surface area (Å²) in [5.74, 6) is 0.